The summed E-state index contributed by atoms with van der Waals surface area (Å²) >= 11 is 0. The molecule has 31 heavy (non-hydrogen) atoms. The SMILES string of the molecule is Cc1ccnc(Nc2cc(NCCNC(=O)c3ccc4ccccc4n3)nc(C)n2)c1. The molecule has 0 unspecified atom stereocenters. The van der Waals surface area contributed by atoms with Crippen LogP contribution in [0, 0.1) is 13.8 Å². The predicted octanol–water partition coefficient (Wildman–Crippen LogP) is 3.62. The average Bonchev–Trinajstić information content (AvgIpc) is 2.76. The number of nitrogens with zero attached hydrogens (tertiary/aromatic N) is 4. The largest absolute Gasteiger partial charge is 0.368 e. The van der Waals surface area contributed by atoms with Crippen LogP contribution in [0.15, 0.2) is 60.8 Å². The minimum atomic E-state index is -0.209. The maximum absolute atomic E-state index is 12.4. The molecule has 0 spiro atoms. The highest BCUT2D eigenvalue weighted by Crippen LogP contribution is 2.16. The fourth-order valence-corrected chi connectivity index (χ4v) is 3.11. The van der Waals surface area contributed by atoms with E-state index in [9.17, 15) is 4.79 Å². The van der Waals surface area contributed by atoms with Crippen molar-refractivity contribution in [3.8, 4) is 0 Å². The van der Waals surface area contributed by atoms with E-state index in [4.69, 9.17) is 0 Å². The third-order valence-electron chi connectivity index (χ3n) is 4.56. The van der Waals surface area contributed by atoms with Crippen LogP contribution in [-0.4, -0.2) is 38.9 Å². The Morgan fingerprint density at radius 3 is 2.58 bits per heavy atom. The van der Waals surface area contributed by atoms with Gasteiger partial charge in [-0.3, -0.25) is 4.79 Å². The van der Waals surface area contributed by atoms with Crippen molar-refractivity contribution in [1.82, 2.24) is 25.3 Å². The number of para-hydroxylation sites is 1. The maximum Gasteiger partial charge on any atom is 0.269 e. The Balaban J connectivity index is 1.32. The molecule has 0 saturated carbocycles. The molecule has 0 atom stereocenters. The summed E-state index contributed by atoms with van der Waals surface area (Å²) in [5.74, 6) is 2.46. The number of rotatable bonds is 7. The highest BCUT2D eigenvalue weighted by Gasteiger charge is 2.08. The van der Waals surface area contributed by atoms with Gasteiger partial charge < -0.3 is 16.0 Å². The van der Waals surface area contributed by atoms with Gasteiger partial charge in [-0.05, 0) is 43.7 Å². The molecule has 1 aromatic carbocycles. The quantitative estimate of drug-likeness (QED) is 0.397. The van der Waals surface area contributed by atoms with Crippen LogP contribution in [0.2, 0.25) is 0 Å². The first kappa shape index (κ1) is 20.2. The lowest BCUT2D eigenvalue weighted by atomic mass is 10.2. The van der Waals surface area contributed by atoms with E-state index in [-0.39, 0.29) is 5.91 Å². The van der Waals surface area contributed by atoms with Gasteiger partial charge >= 0.3 is 0 Å². The highest BCUT2D eigenvalue weighted by atomic mass is 16.1. The Kier molecular flexibility index (Phi) is 5.98. The number of benzene rings is 1. The van der Waals surface area contributed by atoms with Crippen LogP contribution in [-0.2, 0) is 0 Å². The molecule has 3 heterocycles. The van der Waals surface area contributed by atoms with Gasteiger partial charge in [-0.2, -0.15) is 0 Å². The van der Waals surface area contributed by atoms with Gasteiger partial charge in [-0.25, -0.2) is 19.9 Å². The van der Waals surface area contributed by atoms with Crippen molar-refractivity contribution in [2.75, 3.05) is 23.7 Å². The van der Waals surface area contributed by atoms with E-state index >= 15 is 0 Å². The van der Waals surface area contributed by atoms with Gasteiger partial charge in [0.25, 0.3) is 5.91 Å². The number of aromatic nitrogens is 4. The molecule has 0 bridgehead atoms. The second-order valence-corrected chi connectivity index (χ2v) is 7.10. The molecule has 3 aromatic heterocycles. The molecule has 0 aliphatic rings. The van der Waals surface area contributed by atoms with Crippen LogP contribution >= 0.6 is 0 Å². The summed E-state index contributed by atoms with van der Waals surface area (Å²) in [5.41, 5.74) is 2.31. The van der Waals surface area contributed by atoms with E-state index in [1.807, 2.05) is 62.4 Å². The molecular weight excluding hydrogens is 390 g/mol. The highest BCUT2D eigenvalue weighted by molar-refractivity contribution is 5.94. The molecule has 0 aliphatic heterocycles. The third kappa shape index (κ3) is 5.30. The second-order valence-electron chi connectivity index (χ2n) is 7.10. The molecule has 3 N–H and O–H groups in total. The van der Waals surface area contributed by atoms with E-state index in [2.05, 4.69) is 35.9 Å². The van der Waals surface area contributed by atoms with Crippen molar-refractivity contribution in [2.45, 2.75) is 13.8 Å². The molecular formula is C23H23N7O. The van der Waals surface area contributed by atoms with Crippen LogP contribution in [0.3, 0.4) is 0 Å². The fourth-order valence-electron chi connectivity index (χ4n) is 3.11. The molecule has 1 amide bonds. The van der Waals surface area contributed by atoms with Crippen LogP contribution in [0.1, 0.15) is 21.9 Å². The zero-order valence-corrected chi connectivity index (χ0v) is 17.4. The lowest BCUT2D eigenvalue weighted by molar-refractivity contribution is 0.0950. The van der Waals surface area contributed by atoms with E-state index in [0.717, 1.165) is 22.3 Å². The van der Waals surface area contributed by atoms with Gasteiger partial charge in [0.15, 0.2) is 0 Å². The molecule has 8 heteroatoms. The zero-order valence-electron chi connectivity index (χ0n) is 17.4. The molecule has 0 saturated heterocycles. The number of hydrogen-bond donors (Lipinski definition) is 3. The van der Waals surface area contributed by atoms with Crippen LogP contribution in [0.5, 0.6) is 0 Å². The maximum atomic E-state index is 12.4. The van der Waals surface area contributed by atoms with Gasteiger partial charge in [0.05, 0.1) is 5.52 Å². The van der Waals surface area contributed by atoms with Crippen LogP contribution < -0.4 is 16.0 Å². The lowest BCUT2D eigenvalue weighted by Crippen LogP contribution is -2.29. The molecule has 0 radical (unpaired) electrons. The van der Waals surface area contributed by atoms with Crippen LogP contribution in [0.25, 0.3) is 10.9 Å². The number of fused-ring (bicyclic) bond motifs is 1. The number of aryl methyl sites for hydroxylation is 2. The summed E-state index contributed by atoms with van der Waals surface area (Å²) in [6, 6.07) is 17.0. The summed E-state index contributed by atoms with van der Waals surface area (Å²) in [5, 5.41) is 10.3. The van der Waals surface area contributed by atoms with Gasteiger partial charge in [0.1, 0.15) is 29.0 Å². The van der Waals surface area contributed by atoms with Gasteiger partial charge in [-0.1, -0.05) is 24.3 Å². The van der Waals surface area contributed by atoms with E-state index in [1.165, 1.54) is 0 Å². The zero-order chi connectivity index (χ0) is 21.6. The molecule has 8 nitrogen and oxygen atoms in total. The number of nitrogens with one attached hydrogen (secondary N) is 3. The number of carbonyl (C=O) groups excluding carboxylic acids is 1. The normalized spacial score (nSPS) is 10.6. The van der Waals surface area contributed by atoms with Crippen molar-refractivity contribution in [3.63, 3.8) is 0 Å². The van der Waals surface area contributed by atoms with Crippen molar-refractivity contribution in [3.05, 3.63) is 77.9 Å². The summed E-state index contributed by atoms with van der Waals surface area (Å²) in [6.45, 7) is 4.77. The minimum absolute atomic E-state index is 0.209. The third-order valence-corrected chi connectivity index (χ3v) is 4.56. The van der Waals surface area contributed by atoms with Crippen molar-refractivity contribution in [2.24, 2.45) is 0 Å². The summed E-state index contributed by atoms with van der Waals surface area (Å²) in [6.07, 6.45) is 1.75. The number of amides is 1. The Morgan fingerprint density at radius 2 is 1.71 bits per heavy atom. The number of carbonyl (C=O) groups is 1. The van der Waals surface area contributed by atoms with Crippen molar-refractivity contribution in [1.29, 1.82) is 0 Å². The van der Waals surface area contributed by atoms with Crippen molar-refractivity contribution < 1.29 is 4.79 Å². The van der Waals surface area contributed by atoms with E-state index < -0.39 is 0 Å². The molecule has 156 valence electrons. The predicted molar refractivity (Wildman–Crippen MR) is 122 cm³/mol. The lowest BCUT2D eigenvalue weighted by Gasteiger charge is -2.11. The topological polar surface area (TPSA) is 105 Å². The van der Waals surface area contributed by atoms with Crippen LogP contribution in [0.4, 0.5) is 17.5 Å². The fraction of sp³-hybridized carbons (Fsp3) is 0.174. The van der Waals surface area contributed by atoms with Gasteiger partial charge in [0.2, 0.25) is 0 Å². The Hall–Kier alpha value is -4.07. The Bertz CT molecular complexity index is 1230. The Morgan fingerprint density at radius 1 is 0.871 bits per heavy atom. The Labute approximate surface area is 180 Å². The second kappa shape index (κ2) is 9.17. The minimum Gasteiger partial charge on any atom is -0.368 e. The van der Waals surface area contributed by atoms with Gasteiger partial charge in [-0.15, -0.1) is 0 Å². The molecule has 0 fully saturated rings. The van der Waals surface area contributed by atoms with Gasteiger partial charge in [0, 0.05) is 30.7 Å². The molecule has 4 aromatic rings. The summed E-state index contributed by atoms with van der Waals surface area (Å²) < 4.78 is 0. The number of pyridine rings is 2. The first-order valence-electron chi connectivity index (χ1n) is 10.00. The van der Waals surface area contributed by atoms with E-state index in [1.54, 1.807) is 12.3 Å². The molecule has 0 aliphatic carbocycles. The summed E-state index contributed by atoms with van der Waals surface area (Å²) in [7, 11) is 0. The first-order valence-corrected chi connectivity index (χ1v) is 10.00. The smallest absolute Gasteiger partial charge is 0.269 e. The van der Waals surface area contributed by atoms with Crippen molar-refractivity contribution >= 4 is 34.3 Å². The average molecular weight is 413 g/mol. The number of anilines is 3. The monoisotopic (exact) mass is 413 g/mol. The summed E-state index contributed by atoms with van der Waals surface area (Å²) in [4.78, 5) is 29.9. The standard InChI is InChI=1S/C23H23N7O/c1-15-9-10-24-20(13-15)30-22-14-21(27-16(2)28-22)25-11-12-26-23(31)19-8-7-17-5-3-4-6-18(17)29-19/h3-10,13-14H,11-12H2,1-2H3,(H,26,31)(H2,24,25,27,28,30). The van der Waals surface area contributed by atoms with E-state index in [0.29, 0.717) is 36.2 Å². The first-order chi connectivity index (χ1) is 15.1. The number of hydrogen-bond acceptors (Lipinski definition) is 7. The molecule has 4 rings (SSSR count).